The van der Waals surface area contributed by atoms with Crippen molar-refractivity contribution in [2.75, 3.05) is 13.2 Å². The third-order valence-electron chi connectivity index (χ3n) is 3.75. The van der Waals surface area contributed by atoms with Crippen molar-refractivity contribution < 1.29 is 9.13 Å². The number of nitrogens with two attached hydrogens (primary N) is 1. The van der Waals surface area contributed by atoms with Gasteiger partial charge in [0.2, 0.25) is 0 Å². The number of ether oxygens (including phenoxy) is 1. The minimum atomic E-state index is -0.479. The summed E-state index contributed by atoms with van der Waals surface area (Å²) in [7, 11) is 0. The number of aryl methyl sites for hydroxylation is 1. The van der Waals surface area contributed by atoms with Gasteiger partial charge in [0.15, 0.2) is 5.75 Å². The van der Waals surface area contributed by atoms with Crippen LogP contribution in [0.5, 0.6) is 5.75 Å². The minimum Gasteiger partial charge on any atom is -0.489 e. The van der Waals surface area contributed by atoms with Crippen LogP contribution in [0.3, 0.4) is 0 Å². The smallest absolute Gasteiger partial charge is 0.256 e. The zero-order valence-electron chi connectivity index (χ0n) is 13.4. The Morgan fingerprint density at radius 3 is 2.64 bits per heavy atom. The van der Waals surface area contributed by atoms with Crippen molar-refractivity contribution in [3.63, 3.8) is 0 Å². The zero-order valence-corrected chi connectivity index (χ0v) is 15.0. The number of pyridine rings is 1. The topological polar surface area (TPSA) is 68.1 Å². The van der Waals surface area contributed by atoms with Crippen molar-refractivity contribution >= 4 is 34.8 Å². The molecule has 0 unspecified atom stereocenters. The Morgan fingerprint density at radius 1 is 1.20 bits per heavy atom. The molecule has 1 aromatic heterocycles. The fraction of sp³-hybridized carbons (Fsp3) is 0.167. The Bertz CT molecular complexity index is 973. The lowest BCUT2D eigenvalue weighted by Crippen LogP contribution is -2.15. The van der Waals surface area contributed by atoms with Crippen LogP contribution in [-0.4, -0.2) is 18.1 Å². The maximum absolute atomic E-state index is 13.5. The van der Waals surface area contributed by atoms with Gasteiger partial charge in [-0.2, -0.15) is 0 Å². The standard InChI is InChI=1S/C18H16ClFN2O2.ClH/c1-10-8-11(2-5-15(10)19)16-17(24-7-6-21)13-4-3-12(20)9-14(13)18(23)22-16;/h2-5,8-9H,6-7,21H2,1H3,(H,22,23);1H. The first kappa shape index (κ1) is 19.2. The van der Waals surface area contributed by atoms with Crippen molar-refractivity contribution in [2.45, 2.75) is 6.92 Å². The predicted molar refractivity (Wildman–Crippen MR) is 102 cm³/mol. The minimum absolute atomic E-state index is 0. The van der Waals surface area contributed by atoms with E-state index in [0.717, 1.165) is 11.1 Å². The van der Waals surface area contributed by atoms with Gasteiger partial charge in [0.1, 0.15) is 12.4 Å². The molecule has 0 aliphatic heterocycles. The van der Waals surface area contributed by atoms with E-state index in [1.807, 2.05) is 13.0 Å². The van der Waals surface area contributed by atoms with Gasteiger partial charge in [-0.25, -0.2) is 4.39 Å². The highest BCUT2D eigenvalue weighted by molar-refractivity contribution is 6.31. The summed E-state index contributed by atoms with van der Waals surface area (Å²) in [5, 5.41) is 1.40. The molecule has 3 aromatic rings. The van der Waals surface area contributed by atoms with E-state index >= 15 is 0 Å². The zero-order chi connectivity index (χ0) is 17.3. The van der Waals surface area contributed by atoms with Crippen LogP contribution in [-0.2, 0) is 0 Å². The molecular weight excluding hydrogens is 366 g/mol. The quantitative estimate of drug-likeness (QED) is 0.714. The third kappa shape index (κ3) is 3.79. The van der Waals surface area contributed by atoms with Crippen molar-refractivity contribution in [1.29, 1.82) is 0 Å². The lowest BCUT2D eigenvalue weighted by atomic mass is 10.0. The number of benzene rings is 2. The molecule has 0 atom stereocenters. The monoisotopic (exact) mass is 382 g/mol. The van der Waals surface area contributed by atoms with Gasteiger partial charge in [0.25, 0.3) is 5.56 Å². The number of H-pyrrole nitrogens is 1. The van der Waals surface area contributed by atoms with E-state index in [-0.39, 0.29) is 30.0 Å². The Balaban J connectivity index is 0.00000225. The molecule has 0 fully saturated rings. The van der Waals surface area contributed by atoms with E-state index in [0.29, 0.717) is 28.4 Å². The van der Waals surface area contributed by atoms with Gasteiger partial charge in [0, 0.05) is 22.5 Å². The van der Waals surface area contributed by atoms with Crippen LogP contribution in [0.4, 0.5) is 4.39 Å². The fourth-order valence-corrected chi connectivity index (χ4v) is 2.71. The number of nitrogens with one attached hydrogen (secondary N) is 1. The molecule has 0 amide bonds. The van der Waals surface area contributed by atoms with E-state index in [1.54, 1.807) is 12.1 Å². The Kier molecular flexibility index (Phi) is 6.06. The highest BCUT2D eigenvalue weighted by Gasteiger charge is 2.15. The van der Waals surface area contributed by atoms with Crippen LogP contribution in [0, 0.1) is 12.7 Å². The van der Waals surface area contributed by atoms with E-state index in [4.69, 9.17) is 22.1 Å². The van der Waals surface area contributed by atoms with Crippen LogP contribution in [0.15, 0.2) is 41.2 Å². The van der Waals surface area contributed by atoms with Crippen LogP contribution in [0.1, 0.15) is 5.56 Å². The van der Waals surface area contributed by atoms with Crippen molar-refractivity contribution in [1.82, 2.24) is 4.98 Å². The maximum atomic E-state index is 13.5. The molecule has 0 spiro atoms. The molecule has 0 aliphatic rings. The van der Waals surface area contributed by atoms with Crippen molar-refractivity contribution in [3.8, 4) is 17.0 Å². The summed E-state index contributed by atoms with van der Waals surface area (Å²) in [6.45, 7) is 2.47. The third-order valence-corrected chi connectivity index (χ3v) is 4.17. The van der Waals surface area contributed by atoms with Gasteiger partial charge >= 0.3 is 0 Å². The second kappa shape index (κ2) is 7.87. The number of rotatable bonds is 4. The van der Waals surface area contributed by atoms with Gasteiger partial charge in [-0.1, -0.05) is 17.7 Å². The molecular formula is C18H17Cl2FN2O2. The number of hydrogen-bond acceptors (Lipinski definition) is 3. The first-order valence-corrected chi connectivity index (χ1v) is 7.84. The van der Waals surface area contributed by atoms with E-state index in [2.05, 4.69) is 4.98 Å². The molecule has 3 rings (SSSR count). The molecule has 132 valence electrons. The van der Waals surface area contributed by atoms with Crippen LogP contribution in [0.25, 0.3) is 22.0 Å². The SMILES string of the molecule is Cc1cc(-c2[nH]c(=O)c3cc(F)ccc3c2OCCN)ccc1Cl.Cl. The van der Waals surface area contributed by atoms with Gasteiger partial charge in [-0.3, -0.25) is 4.79 Å². The molecule has 0 saturated carbocycles. The summed E-state index contributed by atoms with van der Waals surface area (Å²) in [5.41, 5.74) is 7.30. The van der Waals surface area contributed by atoms with Crippen LogP contribution >= 0.6 is 24.0 Å². The number of aromatic amines is 1. The van der Waals surface area contributed by atoms with Crippen LogP contribution < -0.4 is 16.0 Å². The van der Waals surface area contributed by atoms with Crippen molar-refractivity contribution in [3.05, 3.63) is 63.2 Å². The summed E-state index contributed by atoms with van der Waals surface area (Å²) in [6.07, 6.45) is 0. The van der Waals surface area contributed by atoms with Gasteiger partial charge in [-0.05, 0) is 42.8 Å². The second-order valence-corrected chi connectivity index (χ2v) is 5.86. The molecule has 0 radical (unpaired) electrons. The summed E-state index contributed by atoms with van der Waals surface area (Å²) in [4.78, 5) is 15.2. The first-order chi connectivity index (χ1) is 11.5. The molecule has 0 saturated heterocycles. The molecule has 2 aromatic carbocycles. The van der Waals surface area contributed by atoms with Gasteiger partial charge < -0.3 is 15.5 Å². The fourth-order valence-electron chi connectivity index (χ4n) is 2.59. The molecule has 0 bridgehead atoms. The Morgan fingerprint density at radius 2 is 1.96 bits per heavy atom. The maximum Gasteiger partial charge on any atom is 0.256 e. The first-order valence-electron chi connectivity index (χ1n) is 7.46. The highest BCUT2D eigenvalue weighted by atomic mass is 35.5. The van der Waals surface area contributed by atoms with E-state index < -0.39 is 5.82 Å². The van der Waals surface area contributed by atoms with E-state index in [1.165, 1.54) is 18.2 Å². The normalized spacial score (nSPS) is 10.6. The molecule has 25 heavy (non-hydrogen) atoms. The lowest BCUT2D eigenvalue weighted by molar-refractivity contribution is 0.332. The molecule has 4 nitrogen and oxygen atoms in total. The number of hydrogen-bond donors (Lipinski definition) is 2. The molecule has 7 heteroatoms. The average molecular weight is 383 g/mol. The predicted octanol–water partition coefficient (Wildman–Crippen LogP) is 4.06. The van der Waals surface area contributed by atoms with Gasteiger partial charge in [0.05, 0.1) is 11.1 Å². The largest absolute Gasteiger partial charge is 0.489 e. The van der Waals surface area contributed by atoms with Crippen LogP contribution in [0.2, 0.25) is 5.02 Å². The number of fused-ring (bicyclic) bond motifs is 1. The van der Waals surface area contributed by atoms with Crippen molar-refractivity contribution in [2.24, 2.45) is 5.73 Å². The molecule has 3 N–H and O–H groups in total. The number of halogens is 3. The Hall–Kier alpha value is -2.08. The second-order valence-electron chi connectivity index (χ2n) is 5.45. The number of aromatic nitrogens is 1. The van der Waals surface area contributed by atoms with E-state index in [9.17, 15) is 9.18 Å². The summed E-state index contributed by atoms with van der Waals surface area (Å²) >= 11 is 6.07. The summed E-state index contributed by atoms with van der Waals surface area (Å²) < 4.78 is 19.3. The highest BCUT2D eigenvalue weighted by Crippen LogP contribution is 2.35. The molecule has 0 aliphatic carbocycles. The lowest BCUT2D eigenvalue weighted by Gasteiger charge is -2.14. The summed E-state index contributed by atoms with van der Waals surface area (Å²) in [6, 6.07) is 9.45. The summed E-state index contributed by atoms with van der Waals surface area (Å²) in [5.74, 6) is -0.00960. The molecule has 1 heterocycles. The average Bonchev–Trinajstić information content (AvgIpc) is 2.56. The van der Waals surface area contributed by atoms with Gasteiger partial charge in [-0.15, -0.1) is 12.4 Å². The Labute approximate surface area is 155 Å².